The number of hydrogen-bond acceptors (Lipinski definition) is 3. The molecule has 0 saturated heterocycles. The second-order valence-electron chi connectivity index (χ2n) is 4.96. The van der Waals surface area contributed by atoms with Crippen molar-refractivity contribution in [2.45, 2.75) is 40.2 Å². The Morgan fingerprint density at radius 2 is 1.74 bits per heavy atom. The standard InChI is InChI=1S/C15H21NO3/c1-9-7-10(2)14(11(3)8-9)15(19)12(4)16-6-5-13(17)18/h7-8,12,16H,5-6H2,1-4H3,(H,17,18). The molecule has 1 rings (SSSR count). The van der Waals surface area contributed by atoms with Crippen molar-refractivity contribution in [1.82, 2.24) is 5.32 Å². The highest BCUT2D eigenvalue weighted by atomic mass is 16.4. The summed E-state index contributed by atoms with van der Waals surface area (Å²) in [7, 11) is 0. The molecule has 0 heterocycles. The lowest BCUT2D eigenvalue weighted by Crippen LogP contribution is -2.36. The highest BCUT2D eigenvalue weighted by Crippen LogP contribution is 2.18. The normalized spacial score (nSPS) is 12.2. The molecule has 0 aromatic heterocycles. The van der Waals surface area contributed by atoms with Gasteiger partial charge in [-0.15, -0.1) is 0 Å². The van der Waals surface area contributed by atoms with E-state index in [0.29, 0.717) is 6.54 Å². The molecule has 1 atom stereocenters. The topological polar surface area (TPSA) is 66.4 Å². The summed E-state index contributed by atoms with van der Waals surface area (Å²) < 4.78 is 0. The molecule has 0 aliphatic rings. The molecule has 104 valence electrons. The average molecular weight is 263 g/mol. The SMILES string of the molecule is Cc1cc(C)c(C(=O)C(C)NCCC(=O)O)c(C)c1. The Morgan fingerprint density at radius 1 is 1.21 bits per heavy atom. The molecule has 0 aliphatic heterocycles. The van der Waals surface area contributed by atoms with Crippen LogP contribution >= 0.6 is 0 Å². The molecule has 0 amide bonds. The van der Waals surface area contributed by atoms with Crippen LogP contribution in [0.4, 0.5) is 0 Å². The summed E-state index contributed by atoms with van der Waals surface area (Å²) in [4.78, 5) is 22.8. The van der Waals surface area contributed by atoms with Crippen molar-refractivity contribution >= 4 is 11.8 Å². The van der Waals surface area contributed by atoms with Crippen molar-refractivity contribution in [3.8, 4) is 0 Å². The van der Waals surface area contributed by atoms with Crippen LogP contribution in [0, 0.1) is 20.8 Å². The van der Waals surface area contributed by atoms with Crippen LogP contribution in [0.2, 0.25) is 0 Å². The summed E-state index contributed by atoms with van der Waals surface area (Å²) in [5.41, 5.74) is 3.81. The van der Waals surface area contributed by atoms with E-state index in [-0.39, 0.29) is 18.2 Å². The fraction of sp³-hybridized carbons (Fsp3) is 0.467. The van der Waals surface area contributed by atoms with Gasteiger partial charge >= 0.3 is 5.97 Å². The number of carbonyl (C=O) groups excluding carboxylic acids is 1. The first kappa shape index (κ1) is 15.4. The molecule has 4 nitrogen and oxygen atoms in total. The maximum absolute atomic E-state index is 12.4. The lowest BCUT2D eigenvalue weighted by atomic mass is 9.94. The van der Waals surface area contributed by atoms with E-state index in [1.165, 1.54) is 0 Å². The third kappa shape index (κ3) is 4.17. The van der Waals surface area contributed by atoms with E-state index in [4.69, 9.17) is 5.11 Å². The van der Waals surface area contributed by atoms with Crippen LogP contribution in [-0.4, -0.2) is 29.4 Å². The van der Waals surface area contributed by atoms with E-state index >= 15 is 0 Å². The Balaban J connectivity index is 2.80. The Kier molecular flexibility index (Phi) is 5.24. The van der Waals surface area contributed by atoms with Crippen LogP contribution in [0.25, 0.3) is 0 Å². The number of aryl methyl sites for hydroxylation is 3. The number of nitrogens with one attached hydrogen (secondary N) is 1. The second-order valence-corrected chi connectivity index (χ2v) is 4.96. The zero-order valence-corrected chi connectivity index (χ0v) is 11.9. The van der Waals surface area contributed by atoms with Crippen LogP contribution in [0.15, 0.2) is 12.1 Å². The van der Waals surface area contributed by atoms with Crippen molar-refractivity contribution in [3.05, 3.63) is 34.4 Å². The predicted octanol–water partition coefficient (Wildman–Crippen LogP) is 2.25. The van der Waals surface area contributed by atoms with Gasteiger partial charge in [0, 0.05) is 12.1 Å². The number of rotatable bonds is 6. The third-order valence-electron chi connectivity index (χ3n) is 3.11. The number of Topliss-reactive ketones (excluding diaryl/α,β-unsaturated/α-hetero) is 1. The molecule has 1 aromatic carbocycles. The minimum atomic E-state index is -0.866. The lowest BCUT2D eigenvalue weighted by molar-refractivity contribution is -0.136. The summed E-state index contributed by atoms with van der Waals surface area (Å²) >= 11 is 0. The van der Waals surface area contributed by atoms with Gasteiger partial charge in [0.2, 0.25) is 0 Å². The van der Waals surface area contributed by atoms with Gasteiger partial charge in [0.1, 0.15) is 0 Å². The Hall–Kier alpha value is -1.68. The molecule has 2 N–H and O–H groups in total. The van der Waals surface area contributed by atoms with Gasteiger partial charge in [-0.25, -0.2) is 0 Å². The van der Waals surface area contributed by atoms with Gasteiger partial charge in [0.05, 0.1) is 12.5 Å². The van der Waals surface area contributed by atoms with Crippen molar-refractivity contribution in [1.29, 1.82) is 0 Å². The molecule has 0 aliphatic carbocycles. The van der Waals surface area contributed by atoms with E-state index in [1.54, 1.807) is 6.92 Å². The van der Waals surface area contributed by atoms with Gasteiger partial charge in [0.15, 0.2) is 5.78 Å². The number of aliphatic carboxylic acids is 1. The molecule has 0 radical (unpaired) electrons. The molecule has 1 unspecified atom stereocenters. The Bertz CT molecular complexity index is 471. The number of benzene rings is 1. The molecular weight excluding hydrogens is 242 g/mol. The Labute approximate surface area is 113 Å². The second kappa shape index (κ2) is 6.48. The largest absolute Gasteiger partial charge is 0.481 e. The van der Waals surface area contributed by atoms with Gasteiger partial charge in [-0.3, -0.25) is 9.59 Å². The number of carboxylic acid groups (broad SMARTS) is 1. The number of carboxylic acids is 1. The molecule has 4 heteroatoms. The van der Waals surface area contributed by atoms with Gasteiger partial charge < -0.3 is 10.4 Å². The van der Waals surface area contributed by atoms with Crippen molar-refractivity contribution in [3.63, 3.8) is 0 Å². The zero-order chi connectivity index (χ0) is 14.6. The predicted molar refractivity (Wildman–Crippen MR) is 74.7 cm³/mol. The smallest absolute Gasteiger partial charge is 0.304 e. The first-order chi connectivity index (χ1) is 8.82. The summed E-state index contributed by atoms with van der Waals surface area (Å²) in [6, 6.07) is 3.61. The van der Waals surface area contributed by atoms with Crippen LogP contribution < -0.4 is 5.32 Å². The van der Waals surface area contributed by atoms with Crippen LogP contribution in [0.1, 0.15) is 40.4 Å². The highest BCUT2D eigenvalue weighted by Gasteiger charge is 2.19. The van der Waals surface area contributed by atoms with Crippen molar-refractivity contribution in [2.24, 2.45) is 0 Å². The minimum absolute atomic E-state index is 0.0142. The molecule has 0 fully saturated rings. The Morgan fingerprint density at radius 3 is 2.21 bits per heavy atom. The lowest BCUT2D eigenvalue weighted by Gasteiger charge is -2.16. The maximum atomic E-state index is 12.4. The fourth-order valence-corrected chi connectivity index (χ4v) is 2.27. The number of carbonyl (C=O) groups is 2. The highest BCUT2D eigenvalue weighted by molar-refractivity contribution is 6.02. The molecule has 0 spiro atoms. The summed E-state index contributed by atoms with van der Waals surface area (Å²) in [5.74, 6) is -0.852. The fourth-order valence-electron chi connectivity index (χ4n) is 2.27. The van der Waals surface area contributed by atoms with Crippen molar-refractivity contribution < 1.29 is 14.7 Å². The number of ketones is 1. The van der Waals surface area contributed by atoms with Gasteiger partial charge in [-0.05, 0) is 38.8 Å². The van der Waals surface area contributed by atoms with Crippen molar-refractivity contribution in [2.75, 3.05) is 6.54 Å². The van der Waals surface area contributed by atoms with E-state index in [0.717, 1.165) is 22.3 Å². The monoisotopic (exact) mass is 263 g/mol. The van der Waals surface area contributed by atoms with Crippen LogP contribution in [0.3, 0.4) is 0 Å². The maximum Gasteiger partial charge on any atom is 0.304 e. The summed E-state index contributed by atoms with van der Waals surface area (Å²) in [6.45, 7) is 7.92. The first-order valence-electron chi connectivity index (χ1n) is 6.40. The van der Waals surface area contributed by atoms with Gasteiger partial charge in [0.25, 0.3) is 0 Å². The van der Waals surface area contributed by atoms with Crippen LogP contribution in [-0.2, 0) is 4.79 Å². The van der Waals surface area contributed by atoms with E-state index in [1.807, 2.05) is 32.9 Å². The zero-order valence-electron chi connectivity index (χ0n) is 11.9. The van der Waals surface area contributed by atoms with E-state index < -0.39 is 5.97 Å². The molecule has 0 saturated carbocycles. The molecule has 1 aromatic rings. The number of hydrogen-bond donors (Lipinski definition) is 2. The average Bonchev–Trinajstić information content (AvgIpc) is 2.26. The molecule has 19 heavy (non-hydrogen) atoms. The van der Waals surface area contributed by atoms with E-state index in [9.17, 15) is 9.59 Å². The summed E-state index contributed by atoms with van der Waals surface area (Å²) in [6.07, 6.45) is 0.0173. The molecular formula is C15H21NO3. The third-order valence-corrected chi connectivity index (χ3v) is 3.11. The minimum Gasteiger partial charge on any atom is -0.481 e. The van der Waals surface area contributed by atoms with Gasteiger partial charge in [-0.1, -0.05) is 17.7 Å². The first-order valence-corrected chi connectivity index (χ1v) is 6.40. The summed E-state index contributed by atoms with van der Waals surface area (Å²) in [5, 5.41) is 11.5. The van der Waals surface area contributed by atoms with E-state index in [2.05, 4.69) is 5.32 Å². The van der Waals surface area contributed by atoms with Gasteiger partial charge in [-0.2, -0.15) is 0 Å². The molecule has 0 bridgehead atoms. The van der Waals surface area contributed by atoms with Crippen LogP contribution in [0.5, 0.6) is 0 Å². The quantitative estimate of drug-likeness (QED) is 0.772.